The molecule has 35 heavy (non-hydrogen) atoms. The van der Waals surface area contributed by atoms with E-state index in [2.05, 4.69) is 20.5 Å². The summed E-state index contributed by atoms with van der Waals surface area (Å²) < 4.78 is 0. The Morgan fingerprint density at radius 3 is 2.40 bits per heavy atom. The van der Waals surface area contributed by atoms with Crippen molar-refractivity contribution in [3.63, 3.8) is 0 Å². The van der Waals surface area contributed by atoms with Crippen molar-refractivity contribution in [3.05, 3.63) is 60.2 Å². The van der Waals surface area contributed by atoms with Gasteiger partial charge in [-0.2, -0.15) is 0 Å². The van der Waals surface area contributed by atoms with Gasteiger partial charge in [0.15, 0.2) is 5.82 Å². The normalized spacial score (nSPS) is 13.4. The van der Waals surface area contributed by atoms with E-state index in [4.69, 9.17) is 4.98 Å². The topological polar surface area (TPSA) is 131 Å². The summed E-state index contributed by atoms with van der Waals surface area (Å²) in [7, 11) is 0. The van der Waals surface area contributed by atoms with Gasteiger partial charge in [0.25, 0.3) is 5.91 Å². The van der Waals surface area contributed by atoms with Gasteiger partial charge >= 0.3 is 0 Å². The van der Waals surface area contributed by atoms with Crippen LogP contribution in [0.4, 0.5) is 11.6 Å². The zero-order chi connectivity index (χ0) is 24.8. The number of phenols is 2. The van der Waals surface area contributed by atoms with Crippen molar-refractivity contribution in [1.29, 1.82) is 0 Å². The number of hydrogen-bond acceptors (Lipinski definition) is 8. The molecule has 1 aromatic heterocycles. The van der Waals surface area contributed by atoms with Gasteiger partial charge in [0.05, 0.1) is 5.56 Å². The zero-order valence-electron chi connectivity index (χ0n) is 19.4. The SMILES string of the molecule is CC(=O)NCCNc1cc(N2CCN(C(=O)c3cc(O)ccc3O)CC2)nc(-c2ccccc2)n1. The number of carbonyl (C=O) groups excluding carboxylic acids is 2. The summed E-state index contributed by atoms with van der Waals surface area (Å²) in [6.07, 6.45) is 0. The number of nitrogens with one attached hydrogen (secondary N) is 2. The maximum Gasteiger partial charge on any atom is 0.257 e. The van der Waals surface area contributed by atoms with E-state index in [0.29, 0.717) is 50.9 Å². The number of aromatic hydroxyl groups is 2. The molecule has 0 atom stereocenters. The van der Waals surface area contributed by atoms with Crippen molar-refractivity contribution in [2.75, 3.05) is 49.5 Å². The van der Waals surface area contributed by atoms with Crippen molar-refractivity contribution in [3.8, 4) is 22.9 Å². The molecule has 2 amide bonds. The average Bonchev–Trinajstić information content (AvgIpc) is 2.88. The highest BCUT2D eigenvalue weighted by Crippen LogP contribution is 2.26. The van der Waals surface area contributed by atoms with Gasteiger partial charge in [0.1, 0.15) is 23.1 Å². The number of piperazine rings is 1. The predicted octanol–water partition coefficient (Wildman–Crippen LogP) is 2.07. The molecular formula is C25H28N6O4. The van der Waals surface area contributed by atoms with Crippen molar-refractivity contribution in [2.24, 2.45) is 0 Å². The van der Waals surface area contributed by atoms with Crippen molar-refractivity contribution in [2.45, 2.75) is 6.92 Å². The molecule has 1 aliphatic heterocycles. The van der Waals surface area contributed by atoms with Gasteiger partial charge in [-0.25, -0.2) is 9.97 Å². The number of amides is 2. The summed E-state index contributed by atoms with van der Waals surface area (Å²) in [6, 6.07) is 15.5. The van der Waals surface area contributed by atoms with E-state index in [1.54, 1.807) is 4.90 Å². The third kappa shape index (κ3) is 5.97. The maximum atomic E-state index is 12.9. The van der Waals surface area contributed by atoms with E-state index >= 15 is 0 Å². The van der Waals surface area contributed by atoms with Crippen LogP contribution in [0.3, 0.4) is 0 Å². The molecule has 2 heterocycles. The smallest absolute Gasteiger partial charge is 0.257 e. The molecule has 1 aliphatic rings. The fourth-order valence-electron chi connectivity index (χ4n) is 3.84. The second kappa shape index (κ2) is 10.7. The van der Waals surface area contributed by atoms with Gasteiger partial charge in [-0.3, -0.25) is 9.59 Å². The number of carbonyl (C=O) groups is 2. The van der Waals surface area contributed by atoms with Gasteiger partial charge in [-0.1, -0.05) is 30.3 Å². The van der Waals surface area contributed by atoms with E-state index in [9.17, 15) is 19.8 Å². The molecule has 0 bridgehead atoms. The van der Waals surface area contributed by atoms with Crippen LogP contribution in [0.5, 0.6) is 11.5 Å². The van der Waals surface area contributed by atoms with E-state index < -0.39 is 0 Å². The Kier molecular flexibility index (Phi) is 7.30. The molecule has 10 nitrogen and oxygen atoms in total. The lowest BCUT2D eigenvalue weighted by Crippen LogP contribution is -2.49. The first-order chi connectivity index (χ1) is 16.9. The Morgan fingerprint density at radius 2 is 1.69 bits per heavy atom. The lowest BCUT2D eigenvalue weighted by molar-refractivity contribution is -0.118. The largest absolute Gasteiger partial charge is 0.508 e. The first-order valence-corrected chi connectivity index (χ1v) is 11.4. The molecule has 1 fully saturated rings. The summed E-state index contributed by atoms with van der Waals surface area (Å²) in [6.45, 7) is 4.41. The van der Waals surface area contributed by atoms with Crippen molar-refractivity contribution >= 4 is 23.5 Å². The molecule has 0 unspecified atom stereocenters. The molecular weight excluding hydrogens is 448 g/mol. The third-order valence-corrected chi connectivity index (χ3v) is 5.65. The van der Waals surface area contributed by atoms with Gasteiger partial charge in [-0.15, -0.1) is 0 Å². The van der Waals surface area contributed by atoms with Crippen LogP contribution >= 0.6 is 0 Å². The molecule has 4 rings (SSSR count). The van der Waals surface area contributed by atoms with Gasteiger partial charge < -0.3 is 30.6 Å². The van der Waals surface area contributed by atoms with E-state index in [1.165, 1.54) is 25.1 Å². The maximum absolute atomic E-state index is 12.9. The first-order valence-electron chi connectivity index (χ1n) is 11.4. The molecule has 2 aromatic carbocycles. The Bertz CT molecular complexity index is 1200. The van der Waals surface area contributed by atoms with Crippen LogP contribution < -0.4 is 15.5 Å². The van der Waals surface area contributed by atoms with Crippen molar-refractivity contribution in [1.82, 2.24) is 20.2 Å². The number of hydrogen-bond donors (Lipinski definition) is 4. The molecule has 182 valence electrons. The highest BCUT2D eigenvalue weighted by Gasteiger charge is 2.25. The molecule has 10 heteroatoms. The summed E-state index contributed by atoms with van der Waals surface area (Å²) >= 11 is 0. The minimum atomic E-state index is -0.328. The second-order valence-electron chi connectivity index (χ2n) is 8.19. The molecule has 0 aliphatic carbocycles. The minimum Gasteiger partial charge on any atom is -0.508 e. The summed E-state index contributed by atoms with van der Waals surface area (Å²) in [5, 5.41) is 25.7. The first kappa shape index (κ1) is 23.8. The average molecular weight is 477 g/mol. The van der Waals surface area contributed by atoms with Gasteiger partial charge in [0, 0.05) is 57.8 Å². The zero-order valence-corrected chi connectivity index (χ0v) is 19.4. The molecule has 1 saturated heterocycles. The molecule has 0 saturated carbocycles. The minimum absolute atomic E-state index is 0.0715. The number of aromatic nitrogens is 2. The second-order valence-corrected chi connectivity index (χ2v) is 8.19. The van der Waals surface area contributed by atoms with Crippen molar-refractivity contribution < 1.29 is 19.8 Å². The molecule has 0 radical (unpaired) electrons. The Hall–Kier alpha value is -4.34. The quantitative estimate of drug-likeness (QED) is 0.301. The Morgan fingerprint density at radius 1 is 0.943 bits per heavy atom. The fraction of sp³-hybridized carbons (Fsp3) is 0.280. The van der Waals surface area contributed by atoms with Gasteiger partial charge in [-0.05, 0) is 18.2 Å². The Labute approximate surface area is 203 Å². The summed E-state index contributed by atoms with van der Waals surface area (Å²) in [5.74, 6) is 1.30. The van der Waals surface area contributed by atoms with Crippen LogP contribution in [0.2, 0.25) is 0 Å². The number of benzene rings is 2. The van der Waals surface area contributed by atoms with E-state index in [1.807, 2.05) is 36.4 Å². The van der Waals surface area contributed by atoms with Crippen LogP contribution in [0.15, 0.2) is 54.6 Å². The summed E-state index contributed by atoms with van der Waals surface area (Å²) in [4.78, 5) is 37.1. The highest BCUT2D eigenvalue weighted by molar-refractivity contribution is 5.97. The van der Waals surface area contributed by atoms with Crippen LogP contribution in [0.25, 0.3) is 11.4 Å². The lowest BCUT2D eigenvalue weighted by atomic mass is 10.1. The molecule has 0 spiro atoms. The van der Waals surface area contributed by atoms with Crippen LogP contribution in [0.1, 0.15) is 17.3 Å². The number of rotatable bonds is 7. The monoisotopic (exact) mass is 476 g/mol. The van der Waals surface area contributed by atoms with Crippen LogP contribution in [-0.4, -0.2) is 76.2 Å². The van der Waals surface area contributed by atoms with E-state index in [0.717, 1.165) is 11.4 Å². The lowest BCUT2D eigenvalue weighted by Gasteiger charge is -2.35. The number of anilines is 2. The molecule has 3 aromatic rings. The van der Waals surface area contributed by atoms with Crippen LogP contribution in [-0.2, 0) is 4.79 Å². The molecule has 4 N–H and O–H groups in total. The van der Waals surface area contributed by atoms with Gasteiger partial charge in [0.2, 0.25) is 5.91 Å². The fourth-order valence-corrected chi connectivity index (χ4v) is 3.84. The van der Waals surface area contributed by atoms with Crippen LogP contribution in [0, 0.1) is 0 Å². The Balaban J connectivity index is 1.49. The summed E-state index contributed by atoms with van der Waals surface area (Å²) in [5.41, 5.74) is 0.963. The predicted molar refractivity (Wildman–Crippen MR) is 133 cm³/mol. The third-order valence-electron chi connectivity index (χ3n) is 5.65. The van der Waals surface area contributed by atoms with E-state index in [-0.39, 0.29) is 28.9 Å². The number of nitrogens with zero attached hydrogens (tertiary/aromatic N) is 4. The highest BCUT2D eigenvalue weighted by atomic mass is 16.3. The standard InChI is InChI=1S/C25H28N6O4/c1-17(32)26-9-10-27-22-16-23(29-24(28-22)18-5-3-2-4-6-18)30-11-13-31(14-12-30)25(35)20-15-19(33)7-8-21(20)34/h2-8,15-16,33-34H,9-14H2,1H3,(H,26,32)(H,27,28,29). The number of phenolic OH excluding ortho intramolecular Hbond substituents is 2.